The predicted molar refractivity (Wildman–Crippen MR) is 63.8 cm³/mol. The van der Waals surface area contributed by atoms with Crippen LogP contribution in [0.15, 0.2) is 30.9 Å². The summed E-state index contributed by atoms with van der Waals surface area (Å²) in [4.78, 5) is 0. The average molecular weight is 228 g/mol. The lowest BCUT2D eigenvalue weighted by Gasteiger charge is -2.02. The molecule has 0 spiro atoms. The SMILES string of the molecule is Cc1cnn2cc(-c3cnn(C)c3)cc(O)c12. The largest absolute Gasteiger partial charge is 0.506 e. The Bertz CT molecular complexity index is 696. The molecule has 86 valence electrons. The van der Waals surface area contributed by atoms with Crippen LogP contribution in [0.5, 0.6) is 5.75 Å². The third-order valence-corrected chi connectivity index (χ3v) is 2.81. The van der Waals surface area contributed by atoms with Crippen LogP contribution in [0, 0.1) is 6.92 Å². The van der Waals surface area contributed by atoms with E-state index >= 15 is 0 Å². The summed E-state index contributed by atoms with van der Waals surface area (Å²) in [5.74, 6) is 0.237. The van der Waals surface area contributed by atoms with Crippen LogP contribution in [-0.2, 0) is 7.05 Å². The minimum Gasteiger partial charge on any atom is -0.506 e. The van der Waals surface area contributed by atoms with E-state index in [1.165, 1.54) is 0 Å². The molecule has 3 heterocycles. The molecule has 0 fully saturated rings. The smallest absolute Gasteiger partial charge is 0.142 e. The first kappa shape index (κ1) is 9.89. The molecule has 0 radical (unpaired) electrons. The van der Waals surface area contributed by atoms with Gasteiger partial charge in [0.1, 0.15) is 11.3 Å². The Morgan fingerprint density at radius 2 is 1.94 bits per heavy atom. The number of fused-ring (bicyclic) bond motifs is 1. The lowest BCUT2D eigenvalue weighted by molar-refractivity contribution is 0.478. The van der Waals surface area contributed by atoms with Gasteiger partial charge in [0.2, 0.25) is 0 Å². The number of aromatic nitrogens is 4. The maximum absolute atomic E-state index is 10.0. The first-order valence-corrected chi connectivity index (χ1v) is 5.31. The van der Waals surface area contributed by atoms with Crippen LogP contribution in [0.4, 0.5) is 0 Å². The topological polar surface area (TPSA) is 55.4 Å². The normalized spacial score (nSPS) is 11.2. The van der Waals surface area contributed by atoms with Crippen molar-refractivity contribution in [3.8, 4) is 16.9 Å². The second-order valence-corrected chi connectivity index (χ2v) is 4.14. The number of nitrogens with zero attached hydrogens (tertiary/aromatic N) is 4. The molecule has 0 saturated heterocycles. The standard InChI is InChI=1S/C12H12N4O/c1-8-4-14-16-7-9(3-11(17)12(8)16)10-5-13-15(2)6-10/h3-7,17H,1-2H3. The number of pyridine rings is 1. The van der Waals surface area contributed by atoms with Crippen molar-refractivity contribution >= 4 is 5.52 Å². The van der Waals surface area contributed by atoms with Crippen molar-refractivity contribution in [2.24, 2.45) is 7.05 Å². The number of aromatic hydroxyl groups is 1. The van der Waals surface area contributed by atoms with Crippen LogP contribution in [0.2, 0.25) is 0 Å². The molecule has 5 nitrogen and oxygen atoms in total. The van der Waals surface area contributed by atoms with Crippen LogP contribution in [0.3, 0.4) is 0 Å². The van der Waals surface area contributed by atoms with Crippen molar-refractivity contribution in [2.75, 3.05) is 0 Å². The molecular weight excluding hydrogens is 216 g/mol. The highest BCUT2D eigenvalue weighted by Crippen LogP contribution is 2.28. The van der Waals surface area contributed by atoms with E-state index in [0.29, 0.717) is 0 Å². The molecule has 0 amide bonds. The molecule has 3 aromatic heterocycles. The number of rotatable bonds is 1. The highest BCUT2D eigenvalue weighted by atomic mass is 16.3. The van der Waals surface area contributed by atoms with E-state index in [4.69, 9.17) is 0 Å². The lowest BCUT2D eigenvalue weighted by Crippen LogP contribution is -1.89. The van der Waals surface area contributed by atoms with Crippen molar-refractivity contribution in [1.29, 1.82) is 0 Å². The van der Waals surface area contributed by atoms with Crippen LogP contribution < -0.4 is 0 Å². The molecule has 0 aliphatic rings. The van der Waals surface area contributed by atoms with Gasteiger partial charge in [-0.15, -0.1) is 0 Å². The van der Waals surface area contributed by atoms with Crippen molar-refractivity contribution in [2.45, 2.75) is 6.92 Å². The first-order chi connectivity index (χ1) is 8.15. The van der Waals surface area contributed by atoms with E-state index in [2.05, 4.69) is 10.2 Å². The van der Waals surface area contributed by atoms with Crippen molar-refractivity contribution < 1.29 is 5.11 Å². The van der Waals surface area contributed by atoms with Gasteiger partial charge in [-0.1, -0.05) is 0 Å². The van der Waals surface area contributed by atoms with Crippen LogP contribution in [-0.4, -0.2) is 24.5 Å². The number of hydrogen-bond acceptors (Lipinski definition) is 3. The lowest BCUT2D eigenvalue weighted by atomic mass is 10.1. The Morgan fingerprint density at radius 1 is 1.12 bits per heavy atom. The highest BCUT2D eigenvalue weighted by molar-refractivity contribution is 5.72. The Balaban J connectivity index is 2.25. The van der Waals surface area contributed by atoms with Crippen LogP contribution in [0.25, 0.3) is 16.6 Å². The maximum atomic E-state index is 10.0. The van der Waals surface area contributed by atoms with E-state index < -0.39 is 0 Å². The molecule has 0 bridgehead atoms. The fraction of sp³-hybridized carbons (Fsp3) is 0.167. The molecule has 5 heteroatoms. The molecule has 3 rings (SSSR count). The number of hydrogen-bond donors (Lipinski definition) is 1. The molecule has 0 unspecified atom stereocenters. The van der Waals surface area contributed by atoms with Gasteiger partial charge in [-0.25, -0.2) is 4.52 Å². The Hall–Kier alpha value is -2.30. The maximum Gasteiger partial charge on any atom is 0.142 e. The monoisotopic (exact) mass is 228 g/mol. The summed E-state index contributed by atoms with van der Waals surface area (Å²) in [6.45, 7) is 1.92. The molecule has 0 aromatic carbocycles. The molecule has 0 aliphatic carbocycles. The van der Waals surface area contributed by atoms with Gasteiger partial charge in [-0.3, -0.25) is 4.68 Å². The van der Waals surface area contributed by atoms with Gasteiger partial charge in [0.15, 0.2) is 0 Å². The molecule has 0 atom stereocenters. The van der Waals surface area contributed by atoms with Crippen LogP contribution >= 0.6 is 0 Å². The fourth-order valence-corrected chi connectivity index (χ4v) is 1.98. The van der Waals surface area contributed by atoms with Gasteiger partial charge in [-0.2, -0.15) is 10.2 Å². The van der Waals surface area contributed by atoms with E-state index in [1.807, 2.05) is 26.4 Å². The van der Waals surface area contributed by atoms with Crippen molar-refractivity contribution in [1.82, 2.24) is 19.4 Å². The minimum atomic E-state index is 0.237. The van der Waals surface area contributed by atoms with Crippen molar-refractivity contribution in [3.05, 3.63) is 36.4 Å². The number of aryl methyl sites for hydroxylation is 2. The van der Waals surface area contributed by atoms with E-state index in [0.717, 1.165) is 22.2 Å². The molecule has 3 aromatic rings. The Labute approximate surface area is 97.9 Å². The Kier molecular flexibility index (Phi) is 1.95. The molecule has 17 heavy (non-hydrogen) atoms. The molecular formula is C12H12N4O. The zero-order valence-electron chi connectivity index (χ0n) is 9.62. The van der Waals surface area contributed by atoms with Crippen molar-refractivity contribution in [3.63, 3.8) is 0 Å². The van der Waals surface area contributed by atoms with Gasteiger partial charge in [0.05, 0.1) is 12.4 Å². The van der Waals surface area contributed by atoms with Gasteiger partial charge < -0.3 is 5.11 Å². The minimum absolute atomic E-state index is 0.237. The third kappa shape index (κ3) is 1.47. The summed E-state index contributed by atoms with van der Waals surface area (Å²) < 4.78 is 3.41. The fourth-order valence-electron chi connectivity index (χ4n) is 1.98. The predicted octanol–water partition coefficient (Wildman–Crippen LogP) is 1.75. The summed E-state index contributed by atoms with van der Waals surface area (Å²) in [6, 6.07) is 1.74. The van der Waals surface area contributed by atoms with Gasteiger partial charge in [0, 0.05) is 30.6 Å². The second-order valence-electron chi connectivity index (χ2n) is 4.14. The van der Waals surface area contributed by atoms with E-state index in [1.54, 1.807) is 27.7 Å². The molecule has 0 aliphatic heterocycles. The van der Waals surface area contributed by atoms with Gasteiger partial charge in [0.25, 0.3) is 0 Å². The highest BCUT2D eigenvalue weighted by Gasteiger charge is 2.09. The van der Waals surface area contributed by atoms with Crippen LogP contribution in [0.1, 0.15) is 5.56 Å². The average Bonchev–Trinajstić information content (AvgIpc) is 2.86. The first-order valence-electron chi connectivity index (χ1n) is 5.31. The Morgan fingerprint density at radius 3 is 2.65 bits per heavy atom. The molecule has 1 N–H and O–H groups in total. The third-order valence-electron chi connectivity index (χ3n) is 2.81. The van der Waals surface area contributed by atoms with E-state index in [-0.39, 0.29) is 5.75 Å². The summed E-state index contributed by atoms with van der Waals surface area (Å²) >= 11 is 0. The quantitative estimate of drug-likeness (QED) is 0.690. The second kappa shape index (κ2) is 3.35. The molecule has 0 saturated carbocycles. The summed E-state index contributed by atoms with van der Waals surface area (Å²) in [5, 5.41) is 18.3. The summed E-state index contributed by atoms with van der Waals surface area (Å²) in [5.41, 5.74) is 3.56. The summed E-state index contributed by atoms with van der Waals surface area (Å²) in [6.07, 6.45) is 7.29. The zero-order valence-corrected chi connectivity index (χ0v) is 9.62. The van der Waals surface area contributed by atoms with Gasteiger partial charge in [-0.05, 0) is 18.6 Å². The van der Waals surface area contributed by atoms with E-state index in [9.17, 15) is 5.11 Å². The zero-order chi connectivity index (χ0) is 12.0. The van der Waals surface area contributed by atoms with Gasteiger partial charge >= 0.3 is 0 Å². The summed E-state index contributed by atoms with van der Waals surface area (Å²) in [7, 11) is 1.86.